The molecular formula is C24H23ClN3O4P. The predicted octanol–water partition coefficient (Wildman–Crippen LogP) is 5.98. The third kappa shape index (κ3) is 4.50. The normalized spacial score (nSPS) is 17.6. The van der Waals surface area contributed by atoms with E-state index in [0.717, 1.165) is 17.1 Å². The summed E-state index contributed by atoms with van der Waals surface area (Å²) in [6.07, 6.45) is 0. The molecule has 2 aliphatic heterocycles. The van der Waals surface area contributed by atoms with E-state index in [9.17, 15) is 4.57 Å². The number of fused-ring (bicyclic) bond motifs is 2. The number of halogens is 1. The molecule has 3 aromatic carbocycles. The first-order chi connectivity index (χ1) is 16.1. The van der Waals surface area contributed by atoms with Gasteiger partial charge in [-0.15, -0.1) is 0 Å². The molecule has 0 radical (unpaired) electrons. The molecule has 1 saturated heterocycles. The number of benzene rings is 3. The van der Waals surface area contributed by atoms with Gasteiger partial charge in [0.05, 0.1) is 5.56 Å². The summed E-state index contributed by atoms with van der Waals surface area (Å²) in [5, 5.41) is 0.593. The molecule has 170 valence electrons. The maximum Gasteiger partial charge on any atom is 0.461 e. The van der Waals surface area contributed by atoms with Gasteiger partial charge in [0.25, 0.3) is 0 Å². The molecule has 9 heteroatoms. The second-order valence-electron chi connectivity index (χ2n) is 7.64. The van der Waals surface area contributed by atoms with E-state index in [4.69, 9.17) is 30.4 Å². The minimum Gasteiger partial charge on any atom is -0.454 e. The van der Waals surface area contributed by atoms with E-state index < -0.39 is 7.75 Å². The third-order valence-corrected chi connectivity index (χ3v) is 7.82. The quantitative estimate of drug-likeness (QED) is 0.426. The molecule has 7 nitrogen and oxygen atoms in total. The Kier molecular flexibility index (Phi) is 6.13. The second-order valence-corrected chi connectivity index (χ2v) is 10.1. The molecule has 0 spiro atoms. The fourth-order valence-electron chi connectivity index (χ4n) is 3.92. The standard InChI is InChI=1S/C24H23ClN3O4P/c1-30-33(29,32-19-7-3-2-4-8-19)28-15-13-27(14-16-28)24-20-9-5-6-10-22(20)31-23-12-11-18(25)17-21(23)26-24/h2-12,17H,13-16H2,1H3. The van der Waals surface area contributed by atoms with Gasteiger partial charge >= 0.3 is 7.75 Å². The molecule has 0 bridgehead atoms. The van der Waals surface area contributed by atoms with Crippen LogP contribution in [-0.2, 0) is 9.09 Å². The topological polar surface area (TPSA) is 63.6 Å². The molecule has 1 fully saturated rings. The van der Waals surface area contributed by atoms with Crippen LogP contribution in [0, 0.1) is 0 Å². The number of piperazine rings is 1. The van der Waals surface area contributed by atoms with Crippen molar-refractivity contribution >= 4 is 30.9 Å². The van der Waals surface area contributed by atoms with Crippen LogP contribution in [0.2, 0.25) is 5.02 Å². The first kappa shape index (κ1) is 22.0. The van der Waals surface area contributed by atoms with E-state index in [1.807, 2.05) is 48.5 Å². The van der Waals surface area contributed by atoms with E-state index in [1.54, 1.807) is 28.9 Å². The van der Waals surface area contributed by atoms with Crippen LogP contribution in [-0.4, -0.2) is 48.7 Å². The number of hydrogen-bond acceptors (Lipinski definition) is 6. The lowest BCUT2D eigenvalue weighted by molar-refractivity contribution is 0.197. The first-order valence-electron chi connectivity index (χ1n) is 10.6. The largest absolute Gasteiger partial charge is 0.461 e. The van der Waals surface area contributed by atoms with Crippen molar-refractivity contribution in [2.75, 3.05) is 33.3 Å². The van der Waals surface area contributed by atoms with Crippen molar-refractivity contribution in [1.82, 2.24) is 9.57 Å². The first-order valence-corrected chi connectivity index (χ1v) is 12.5. The number of aliphatic imine (C=N–C) groups is 1. The highest BCUT2D eigenvalue weighted by atomic mass is 35.5. The van der Waals surface area contributed by atoms with E-state index >= 15 is 0 Å². The Balaban J connectivity index is 1.40. The Morgan fingerprint density at radius 1 is 0.939 bits per heavy atom. The monoisotopic (exact) mass is 483 g/mol. The number of amidine groups is 1. The summed E-state index contributed by atoms with van der Waals surface area (Å²) < 4.78 is 32.5. The van der Waals surface area contributed by atoms with Crippen molar-refractivity contribution in [3.8, 4) is 17.2 Å². The Bertz CT molecular complexity index is 1230. The fourth-order valence-corrected chi connectivity index (χ4v) is 5.56. The number of nitrogens with zero attached hydrogens (tertiary/aromatic N) is 3. The minimum atomic E-state index is -3.47. The third-order valence-electron chi connectivity index (χ3n) is 5.59. The molecule has 0 N–H and O–H groups in total. The van der Waals surface area contributed by atoms with Crippen LogP contribution in [0.3, 0.4) is 0 Å². The molecule has 3 aromatic rings. The summed E-state index contributed by atoms with van der Waals surface area (Å²) in [4.78, 5) is 7.09. The van der Waals surface area contributed by atoms with Crippen LogP contribution in [0.4, 0.5) is 5.69 Å². The predicted molar refractivity (Wildman–Crippen MR) is 129 cm³/mol. The van der Waals surface area contributed by atoms with Gasteiger partial charge in [-0.2, -0.15) is 4.67 Å². The highest BCUT2D eigenvalue weighted by Crippen LogP contribution is 2.51. The van der Waals surface area contributed by atoms with E-state index in [0.29, 0.717) is 48.4 Å². The second kappa shape index (κ2) is 9.20. The smallest absolute Gasteiger partial charge is 0.454 e. The van der Waals surface area contributed by atoms with Crippen LogP contribution in [0.5, 0.6) is 17.2 Å². The van der Waals surface area contributed by atoms with Crippen LogP contribution in [0.25, 0.3) is 0 Å². The summed E-state index contributed by atoms with van der Waals surface area (Å²) >= 11 is 6.22. The van der Waals surface area contributed by atoms with Crippen molar-refractivity contribution in [1.29, 1.82) is 0 Å². The van der Waals surface area contributed by atoms with E-state index in [2.05, 4.69) is 4.90 Å². The molecule has 0 aromatic heterocycles. The van der Waals surface area contributed by atoms with Crippen molar-refractivity contribution in [2.24, 2.45) is 4.99 Å². The Labute approximate surface area is 197 Å². The summed E-state index contributed by atoms with van der Waals surface area (Å²) in [7, 11) is -2.06. The molecule has 0 amide bonds. The summed E-state index contributed by atoms with van der Waals surface area (Å²) in [5.41, 5.74) is 1.57. The maximum atomic E-state index is 13.4. The lowest BCUT2D eigenvalue weighted by Gasteiger charge is -2.38. The summed E-state index contributed by atoms with van der Waals surface area (Å²) in [5.74, 6) is 2.69. The Hall–Kier alpha value is -2.83. The van der Waals surface area contributed by atoms with Gasteiger partial charge in [0.1, 0.15) is 23.0 Å². The highest BCUT2D eigenvalue weighted by molar-refractivity contribution is 7.51. The molecule has 5 rings (SSSR count). The van der Waals surface area contributed by atoms with Crippen molar-refractivity contribution in [3.63, 3.8) is 0 Å². The molecule has 0 aliphatic carbocycles. The van der Waals surface area contributed by atoms with Gasteiger partial charge in [-0.25, -0.2) is 9.56 Å². The SMILES string of the molecule is COP(=O)(Oc1ccccc1)N1CCN(C2=Nc3cc(Cl)ccc3Oc3ccccc32)CC1. The van der Waals surface area contributed by atoms with Crippen LogP contribution >= 0.6 is 19.3 Å². The Morgan fingerprint density at radius 2 is 1.67 bits per heavy atom. The van der Waals surface area contributed by atoms with Gasteiger partial charge in [-0.3, -0.25) is 4.52 Å². The van der Waals surface area contributed by atoms with Gasteiger partial charge in [0.2, 0.25) is 0 Å². The molecular weight excluding hydrogens is 461 g/mol. The molecule has 33 heavy (non-hydrogen) atoms. The fraction of sp³-hybridized carbons (Fsp3) is 0.208. The van der Waals surface area contributed by atoms with Crippen LogP contribution in [0.15, 0.2) is 77.8 Å². The number of para-hydroxylation sites is 2. The van der Waals surface area contributed by atoms with Gasteiger partial charge in [-0.05, 0) is 42.5 Å². The zero-order valence-corrected chi connectivity index (χ0v) is 19.7. The number of rotatable bonds is 4. The van der Waals surface area contributed by atoms with E-state index in [-0.39, 0.29) is 0 Å². The summed E-state index contributed by atoms with van der Waals surface area (Å²) in [6, 6.07) is 22.3. The molecule has 2 heterocycles. The van der Waals surface area contributed by atoms with Crippen LogP contribution < -0.4 is 9.26 Å². The van der Waals surface area contributed by atoms with Crippen molar-refractivity contribution in [3.05, 3.63) is 83.4 Å². The van der Waals surface area contributed by atoms with Crippen molar-refractivity contribution in [2.45, 2.75) is 0 Å². The highest BCUT2D eigenvalue weighted by Gasteiger charge is 2.37. The zero-order valence-electron chi connectivity index (χ0n) is 18.1. The van der Waals surface area contributed by atoms with Gasteiger partial charge < -0.3 is 14.2 Å². The lowest BCUT2D eigenvalue weighted by Crippen LogP contribution is -2.48. The minimum absolute atomic E-state index is 0.488. The Morgan fingerprint density at radius 3 is 2.42 bits per heavy atom. The molecule has 0 saturated carbocycles. The lowest BCUT2D eigenvalue weighted by atomic mass is 10.1. The van der Waals surface area contributed by atoms with Gasteiger partial charge in [-0.1, -0.05) is 41.9 Å². The molecule has 1 unspecified atom stereocenters. The zero-order chi connectivity index (χ0) is 22.8. The maximum absolute atomic E-state index is 13.4. The average Bonchev–Trinajstić information content (AvgIpc) is 3.01. The van der Waals surface area contributed by atoms with E-state index in [1.165, 1.54) is 7.11 Å². The van der Waals surface area contributed by atoms with Gasteiger partial charge in [0.15, 0.2) is 5.75 Å². The average molecular weight is 484 g/mol. The van der Waals surface area contributed by atoms with Crippen LogP contribution in [0.1, 0.15) is 5.56 Å². The van der Waals surface area contributed by atoms with Gasteiger partial charge in [0, 0.05) is 38.3 Å². The number of ether oxygens (including phenoxy) is 1. The van der Waals surface area contributed by atoms with Crippen molar-refractivity contribution < 1.29 is 18.3 Å². The molecule has 2 aliphatic rings. The summed E-state index contributed by atoms with van der Waals surface area (Å²) in [6.45, 7) is 2.16. The number of hydrogen-bond donors (Lipinski definition) is 0. The molecule has 1 atom stereocenters.